The van der Waals surface area contributed by atoms with Crippen molar-refractivity contribution in [2.75, 3.05) is 12.4 Å². The molecule has 0 radical (unpaired) electrons. The van der Waals surface area contributed by atoms with Crippen LogP contribution in [0.15, 0.2) is 24.5 Å². The second-order valence-electron chi connectivity index (χ2n) is 5.65. The number of halogens is 3. The summed E-state index contributed by atoms with van der Waals surface area (Å²) in [5, 5.41) is 3.20. The van der Waals surface area contributed by atoms with Crippen LogP contribution in [0.3, 0.4) is 0 Å². The van der Waals surface area contributed by atoms with Crippen LogP contribution >= 0.6 is 0 Å². The summed E-state index contributed by atoms with van der Waals surface area (Å²) in [5.41, 5.74) is 0.864. The predicted molar refractivity (Wildman–Crippen MR) is 82.7 cm³/mol. The van der Waals surface area contributed by atoms with Gasteiger partial charge in [0.25, 0.3) is 0 Å². The molecule has 0 aliphatic heterocycles. The van der Waals surface area contributed by atoms with Crippen LogP contribution < -0.4 is 10.1 Å². The Morgan fingerprint density at radius 2 is 1.96 bits per heavy atom. The van der Waals surface area contributed by atoms with Gasteiger partial charge >= 0.3 is 6.18 Å². The van der Waals surface area contributed by atoms with Crippen molar-refractivity contribution in [2.24, 2.45) is 0 Å². The van der Waals surface area contributed by atoms with Crippen molar-refractivity contribution >= 4 is 17.1 Å². The molecule has 0 unspecified atom stereocenters. The number of nitrogens with zero attached hydrogens (tertiary/aromatic N) is 5. The second-order valence-corrected chi connectivity index (χ2v) is 5.65. The summed E-state index contributed by atoms with van der Waals surface area (Å²) in [6.45, 7) is 0. The van der Waals surface area contributed by atoms with E-state index in [9.17, 15) is 13.2 Å². The van der Waals surface area contributed by atoms with E-state index >= 15 is 0 Å². The van der Waals surface area contributed by atoms with E-state index in [4.69, 9.17) is 4.74 Å². The smallest absolute Gasteiger partial charge is 0.451 e. The van der Waals surface area contributed by atoms with Crippen molar-refractivity contribution in [3.8, 4) is 11.6 Å². The molecule has 0 atom stereocenters. The van der Waals surface area contributed by atoms with Crippen molar-refractivity contribution in [3.63, 3.8) is 0 Å². The number of ether oxygens (including phenoxy) is 1. The maximum absolute atomic E-state index is 13.0. The number of alkyl halides is 3. The zero-order valence-corrected chi connectivity index (χ0v) is 13.1. The molecule has 10 heteroatoms. The minimum Gasteiger partial charge on any atom is -0.481 e. The minimum absolute atomic E-state index is 0.0671. The molecule has 130 valence electrons. The summed E-state index contributed by atoms with van der Waals surface area (Å²) in [6.07, 6.45) is -0.0806. The molecule has 3 heterocycles. The van der Waals surface area contributed by atoms with Crippen molar-refractivity contribution in [1.82, 2.24) is 24.5 Å². The maximum atomic E-state index is 13.0. The van der Waals surface area contributed by atoms with Gasteiger partial charge in [0.15, 0.2) is 5.65 Å². The van der Waals surface area contributed by atoms with Gasteiger partial charge in [0.2, 0.25) is 17.7 Å². The first-order chi connectivity index (χ1) is 12.0. The fourth-order valence-electron chi connectivity index (χ4n) is 2.39. The highest BCUT2D eigenvalue weighted by Crippen LogP contribution is 2.31. The van der Waals surface area contributed by atoms with Crippen molar-refractivity contribution in [3.05, 3.63) is 30.4 Å². The van der Waals surface area contributed by atoms with E-state index in [1.165, 1.54) is 17.9 Å². The summed E-state index contributed by atoms with van der Waals surface area (Å²) in [7, 11) is 1.48. The largest absolute Gasteiger partial charge is 0.481 e. The molecule has 3 aromatic heterocycles. The highest BCUT2D eigenvalue weighted by Gasteiger charge is 2.35. The molecule has 25 heavy (non-hydrogen) atoms. The number of hydrogen-bond acceptors (Lipinski definition) is 6. The maximum Gasteiger partial charge on any atom is 0.451 e. The van der Waals surface area contributed by atoms with Crippen molar-refractivity contribution in [1.29, 1.82) is 0 Å². The summed E-state index contributed by atoms with van der Waals surface area (Å²) in [4.78, 5) is 15.5. The third kappa shape index (κ3) is 2.94. The van der Waals surface area contributed by atoms with Crippen LogP contribution in [0.2, 0.25) is 0 Å². The Hall–Kier alpha value is -2.91. The van der Waals surface area contributed by atoms with Gasteiger partial charge in [0.05, 0.1) is 25.2 Å². The van der Waals surface area contributed by atoms with Gasteiger partial charge in [0, 0.05) is 12.1 Å². The molecule has 1 aliphatic carbocycles. The quantitative estimate of drug-likeness (QED) is 0.780. The van der Waals surface area contributed by atoms with Gasteiger partial charge in [-0.2, -0.15) is 13.2 Å². The first kappa shape index (κ1) is 15.6. The SMILES string of the molecule is COc1ccc(-n2c(NC3CC3)nc3cnc(C(F)(F)F)nc32)cn1. The molecule has 0 amide bonds. The Kier molecular flexibility index (Phi) is 3.48. The van der Waals surface area contributed by atoms with E-state index in [1.807, 2.05) is 0 Å². The summed E-state index contributed by atoms with van der Waals surface area (Å²) in [6, 6.07) is 3.56. The van der Waals surface area contributed by atoms with Crippen LogP contribution in [-0.2, 0) is 6.18 Å². The Morgan fingerprint density at radius 1 is 1.16 bits per heavy atom. The third-order valence-corrected chi connectivity index (χ3v) is 3.75. The van der Waals surface area contributed by atoms with Crippen molar-refractivity contribution < 1.29 is 17.9 Å². The normalized spacial score (nSPS) is 14.7. The van der Waals surface area contributed by atoms with Crippen LogP contribution in [0.5, 0.6) is 5.88 Å². The number of pyridine rings is 1. The molecular weight excluding hydrogens is 337 g/mol. The first-order valence-corrected chi connectivity index (χ1v) is 7.55. The number of fused-ring (bicyclic) bond motifs is 1. The number of hydrogen-bond donors (Lipinski definition) is 1. The fourth-order valence-corrected chi connectivity index (χ4v) is 2.39. The number of rotatable bonds is 4. The Bertz CT molecular complexity index is 917. The first-order valence-electron chi connectivity index (χ1n) is 7.55. The van der Waals surface area contributed by atoms with E-state index < -0.39 is 12.0 Å². The number of aromatic nitrogens is 5. The second kappa shape index (κ2) is 5.57. The molecule has 3 aromatic rings. The van der Waals surface area contributed by atoms with Crippen molar-refractivity contribution in [2.45, 2.75) is 25.1 Å². The molecule has 1 saturated carbocycles. The Morgan fingerprint density at radius 3 is 2.56 bits per heavy atom. The molecule has 1 fully saturated rings. The lowest BCUT2D eigenvalue weighted by Gasteiger charge is -2.10. The number of imidazole rings is 1. The monoisotopic (exact) mass is 350 g/mol. The summed E-state index contributed by atoms with van der Waals surface area (Å²) in [5.74, 6) is -0.394. The topological polar surface area (TPSA) is 77.8 Å². The van der Waals surface area contributed by atoms with Gasteiger partial charge in [-0.05, 0) is 18.9 Å². The highest BCUT2D eigenvalue weighted by atomic mass is 19.4. The standard InChI is InChI=1S/C15H13F3N6O/c1-25-11-5-4-9(6-19-11)24-12-10(22-14(24)21-8-2-3-8)7-20-13(23-12)15(16,17)18/h4-8H,2-3H2,1H3,(H,21,22). The van der Waals surface area contributed by atoms with Gasteiger partial charge in [0.1, 0.15) is 5.52 Å². The lowest BCUT2D eigenvalue weighted by molar-refractivity contribution is -0.144. The average molecular weight is 350 g/mol. The van der Waals surface area contributed by atoms with Gasteiger partial charge < -0.3 is 10.1 Å². The van der Waals surface area contributed by atoms with Gasteiger partial charge in [-0.25, -0.2) is 19.9 Å². The zero-order valence-electron chi connectivity index (χ0n) is 13.1. The zero-order chi connectivity index (χ0) is 17.6. The molecule has 7 nitrogen and oxygen atoms in total. The number of nitrogens with one attached hydrogen (secondary N) is 1. The van der Waals surface area contributed by atoms with E-state index in [1.54, 1.807) is 12.1 Å². The van der Waals surface area contributed by atoms with Gasteiger partial charge in [-0.1, -0.05) is 0 Å². The molecule has 0 aromatic carbocycles. The van der Waals surface area contributed by atoms with Crippen LogP contribution in [0, 0.1) is 0 Å². The lowest BCUT2D eigenvalue weighted by atomic mass is 10.4. The van der Waals surface area contributed by atoms with E-state index in [0.29, 0.717) is 17.5 Å². The molecule has 4 rings (SSSR count). The van der Waals surface area contributed by atoms with Crippen LogP contribution in [0.25, 0.3) is 16.9 Å². The lowest BCUT2D eigenvalue weighted by Crippen LogP contribution is -2.12. The number of anilines is 1. The Labute approximate surface area is 139 Å². The fraction of sp³-hybridized carbons (Fsp3) is 0.333. The third-order valence-electron chi connectivity index (χ3n) is 3.75. The Balaban J connectivity index is 1.89. The average Bonchev–Trinajstić information content (AvgIpc) is 3.32. The van der Waals surface area contributed by atoms with Gasteiger partial charge in [-0.3, -0.25) is 4.57 Å². The molecule has 1 aliphatic rings. The molecule has 1 N–H and O–H groups in total. The predicted octanol–water partition coefficient (Wildman–Crippen LogP) is 2.81. The number of methoxy groups -OCH3 is 1. The molecule has 0 saturated heterocycles. The summed E-state index contributed by atoms with van der Waals surface area (Å²) >= 11 is 0. The van der Waals surface area contributed by atoms with E-state index in [2.05, 4.69) is 25.3 Å². The van der Waals surface area contributed by atoms with Crippen LogP contribution in [-0.4, -0.2) is 37.7 Å². The van der Waals surface area contributed by atoms with Crippen LogP contribution in [0.4, 0.5) is 19.1 Å². The van der Waals surface area contributed by atoms with Gasteiger partial charge in [-0.15, -0.1) is 0 Å². The van der Waals surface area contributed by atoms with Crippen LogP contribution in [0.1, 0.15) is 18.7 Å². The molecule has 0 bridgehead atoms. The van der Waals surface area contributed by atoms with E-state index in [-0.39, 0.29) is 17.2 Å². The molecule has 0 spiro atoms. The molecular formula is C15H13F3N6O. The summed E-state index contributed by atoms with van der Waals surface area (Å²) < 4.78 is 45.5. The van der Waals surface area contributed by atoms with E-state index in [0.717, 1.165) is 19.0 Å². The minimum atomic E-state index is -4.63. The highest BCUT2D eigenvalue weighted by molar-refractivity contribution is 5.77.